The molecule has 1 atom stereocenters. The number of hydrogen-bond donors (Lipinski definition) is 0. The van der Waals surface area contributed by atoms with Crippen molar-refractivity contribution in [3.63, 3.8) is 0 Å². The number of allylic oxidation sites excluding steroid dienone is 4. The van der Waals surface area contributed by atoms with Gasteiger partial charge in [-0.25, -0.2) is 0 Å². The molecular formula is C55H62Cl2Zr. The molecule has 1 unspecified atom stereocenters. The van der Waals surface area contributed by atoms with Gasteiger partial charge in [0.15, 0.2) is 0 Å². The Morgan fingerprint density at radius 2 is 1.09 bits per heavy atom. The van der Waals surface area contributed by atoms with Crippen LogP contribution in [-0.4, -0.2) is 3.21 Å². The number of aryl methyl sites for hydroxylation is 1. The molecule has 5 aromatic rings. The molecule has 0 spiro atoms. The van der Waals surface area contributed by atoms with Crippen molar-refractivity contribution < 1.29 is 46.1 Å². The Morgan fingerprint density at radius 1 is 0.621 bits per heavy atom. The van der Waals surface area contributed by atoms with Crippen molar-refractivity contribution in [3.8, 4) is 33.4 Å². The van der Waals surface area contributed by atoms with Gasteiger partial charge in [0.05, 0.1) is 0 Å². The first-order valence-corrected chi connectivity index (χ1v) is 25.2. The van der Waals surface area contributed by atoms with Gasteiger partial charge in [-0.15, -0.1) is 0 Å². The Balaban J connectivity index is 0.00000283. The molecule has 5 aromatic carbocycles. The van der Waals surface area contributed by atoms with Crippen molar-refractivity contribution >= 4 is 3.21 Å². The average molecular weight is 885 g/mol. The Kier molecular flexibility index (Phi) is 13.1. The van der Waals surface area contributed by atoms with E-state index in [2.05, 4.69) is 191 Å². The molecule has 58 heavy (non-hydrogen) atoms. The van der Waals surface area contributed by atoms with E-state index in [9.17, 15) is 0 Å². The van der Waals surface area contributed by atoms with Gasteiger partial charge in [-0.3, -0.25) is 0 Å². The SMILES string of the molecule is C/[C](c1ccc(C)cc1)=[Zr+2](/[C]1=CC(C2(C)CCCCC2)=CC1C)[CH]1c2cc(-c3ccccc3)c(C(C)(C)C)cc2-c2cc(C(C)(C)C)c(-c3ccccc3)cc21.[Cl-].[Cl-]. The molecule has 0 amide bonds. The summed E-state index contributed by atoms with van der Waals surface area (Å²) in [5.74, 6) is 0.455. The molecule has 3 heteroatoms. The van der Waals surface area contributed by atoms with E-state index in [1.165, 1.54) is 87.7 Å². The zero-order valence-electron chi connectivity index (χ0n) is 36.5. The fourth-order valence-corrected chi connectivity index (χ4v) is 19.2. The van der Waals surface area contributed by atoms with Crippen LogP contribution in [0.15, 0.2) is 130 Å². The summed E-state index contributed by atoms with van der Waals surface area (Å²) in [6, 6.07) is 42.6. The van der Waals surface area contributed by atoms with E-state index < -0.39 is 21.3 Å². The van der Waals surface area contributed by atoms with Gasteiger partial charge in [0.25, 0.3) is 0 Å². The first-order valence-electron chi connectivity index (χ1n) is 21.3. The van der Waals surface area contributed by atoms with Gasteiger partial charge < -0.3 is 24.8 Å². The molecule has 0 aromatic heterocycles. The summed E-state index contributed by atoms with van der Waals surface area (Å²) >= 11 is -2.84. The monoisotopic (exact) mass is 882 g/mol. The Bertz CT molecular complexity index is 2270. The minimum atomic E-state index is -2.84. The average Bonchev–Trinajstić information content (AvgIpc) is 3.72. The molecule has 0 aliphatic heterocycles. The second kappa shape index (κ2) is 17.1. The number of halogens is 2. The van der Waals surface area contributed by atoms with Crippen LogP contribution in [-0.2, 0) is 32.1 Å². The quantitative estimate of drug-likeness (QED) is 0.160. The zero-order valence-corrected chi connectivity index (χ0v) is 40.5. The molecule has 300 valence electrons. The minimum Gasteiger partial charge on any atom is -1.00 e. The normalized spacial score (nSPS) is 17.6. The maximum absolute atomic E-state index is 2.84. The van der Waals surface area contributed by atoms with Crippen LogP contribution in [0.5, 0.6) is 0 Å². The summed E-state index contributed by atoms with van der Waals surface area (Å²) in [7, 11) is 0. The van der Waals surface area contributed by atoms with E-state index in [-0.39, 0.29) is 41.1 Å². The number of benzene rings is 5. The summed E-state index contributed by atoms with van der Waals surface area (Å²) < 4.78 is 3.80. The first kappa shape index (κ1) is 44.5. The molecule has 8 rings (SSSR count). The molecular weight excluding hydrogens is 823 g/mol. The van der Waals surface area contributed by atoms with Crippen molar-refractivity contribution in [2.45, 2.75) is 116 Å². The van der Waals surface area contributed by atoms with Crippen molar-refractivity contribution in [1.82, 2.24) is 0 Å². The standard InChI is InChI=1S/C33H33.C13H19.C9H10.2ClH.Zr/c1-32(2,3)30-20-26-24(18-28(30)22-13-9-7-10-14-22)17-25-19-29(23-15-11-8-12-16-23)31(21-27(25)26)33(4,5)6;1-11-6-7-12(10-11)13(2)8-4-3-5-9-13;1-3-9-6-4-8(2)5-7-9;;;/h7-21H,1-6H3;7,10-11H,3-5,8-9H2,1-2H3;4-7H,1-2H3;2*1H;/q;;;;;+2/p-2. The van der Waals surface area contributed by atoms with Gasteiger partial charge in [-0.2, -0.15) is 0 Å². The summed E-state index contributed by atoms with van der Waals surface area (Å²) in [5.41, 5.74) is 19.0. The van der Waals surface area contributed by atoms with Crippen molar-refractivity contribution in [2.75, 3.05) is 0 Å². The van der Waals surface area contributed by atoms with E-state index in [1.54, 1.807) is 23.2 Å². The summed E-state index contributed by atoms with van der Waals surface area (Å²) in [6.45, 7) is 24.2. The molecule has 1 saturated carbocycles. The Labute approximate surface area is 370 Å². The first-order chi connectivity index (χ1) is 26.6. The number of hydrogen-bond acceptors (Lipinski definition) is 0. The van der Waals surface area contributed by atoms with Crippen molar-refractivity contribution in [2.24, 2.45) is 11.3 Å². The van der Waals surface area contributed by atoms with E-state index in [1.807, 2.05) is 0 Å². The third kappa shape index (κ3) is 8.32. The van der Waals surface area contributed by atoms with Crippen LogP contribution in [0.25, 0.3) is 33.4 Å². The topological polar surface area (TPSA) is 0 Å². The van der Waals surface area contributed by atoms with Crippen LogP contribution < -0.4 is 24.8 Å². The second-order valence-corrected chi connectivity index (χ2v) is 26.4. The summed E-state index contributed by atoms with van der Waals surface area (Å²) in [5, 5.41) is 0. The van der Waals surface area contributed by atoms with E-state index in [0.29, 0.717) is 9.54 Å². The van der Waals surface area contributed by atoms with Crippen LogP contribution in [0.1, 0.15) is 131 Å². The molecule has 3 aliphatic carbocycles. The fourth-order valence-electron chi connectivity index (χ4n) is 10.2. The van der Waals surface area contributed by atoms with Crippen LogP contribution in [0.3, 0.4) is 0 Å². The van der Waals surface area contributed by atoms with Gasteiger partial charge in [0, 0.05) is 0 Å². The number of fused-ring (bicyclic) bond motifs is 3. The fraction of sp³-hybridized carbons (Fsp3) is 0.364. The molecule has 0 saturated heterocycles. The maximum Gasteiger partial charge on any atom is -1.00 e. The molecule has 0 heterocycles. The summed E-state index contributed by atoms with van der Waals surface area (Å²) in [6.07, 6.45) is 12.2. The van der Waals surface area contributed by atoms with Crippen LogP contribution in [0, 0.1) is 18.3 Å². The maximum atomic E-state index is 2.78. The third-order valence-corrected chi connectivity index (χ3v) is 22.1. The van der Waals surface area contributed by atoms with Crippen molar-refractivity contribution in [1.29, 1.82) is 0 Å². The van der Waals surface area contributed by atoms with E-state index in [4.69, 9.17) is 0 Å². The molecule has 0 radical (unpaired) electrons. The van der Waals surface area contributed by atoms with Gasteiger partial charge in [0.1, 0.15) is 0 Å². The molecule has 3 aliphatic rings. The van der Waals surface area contributed by atoms with Gasteiger partial charge in [-0.1, -0.05) is 0 Å². The smallest absolute Gasteiger partial charge is 1.00 e. The largest absolute Gasteiger partial charge is 1.00 e. The van der Waals surface area contributed by atoms with Gasteiger partial charge in [-0.05, 0) is 0 Å². The second-order valence-electron chi connectivity index (χ2n) is 19.7. The van der Waals surface area contributed by atoms with Crippen LogP contribution >= 0.6 is 0 Å². The van der Waals surface area contributed by atoms with Crippen molar-refractivity contribution in [3.05, 3.63) is 164 Å². The Hall–Kier alpha value is -3.09. The predicted molar refractivity (Wildman–Crippen MR) is 239 cm³/mol. The predicted octanol–water partition coefficient (Wildman–Crippen LogP) is 9.29. The third-order valence-electron chi connectivity index (χ3n) is 13.5. The number of rotatable bonds is 6. The van der Waals surface area contributed by atoms with Crippen LogP contribution in [0.4, 0.5) is 0 Å². The van der Waals surface area contributed by atoms with Crippen LogP contribution in [0.2, 0.25) is 0 Å². The van der Waals surface area contributed by atoms with E-state index >= 15 is 0 Å². The summed E-state index contributed by atoms with van der Waals surface area (Å²) in [4.78, 5) is 0. The van der Waals surface area contributed by atoms with Gasteiger partial charge >= 0.3 is 349 Å². The zero-order chi connectivity index (χ0) is 39.6. The molecule has 0 N–H and O–H groups in total. The van der Waals surface area contributed by atoms with Gasteiger partial charge in [0.2, 0.25) is 0 Å². The minimum absolute atomic E-state index is 0. The molecule has 1 fully saturated rings. The molecule has 0 nitrogen and oxygen atoms in total. The molecule has 0 bridgehead atoms. The Morgan fingerprint density at radius 3 is 1.53 bits per heavy atom. The van der Waals surface area contributed by atoms with E-state index in [0.717, 1.165) is 0 Å².